The number of anilines is 1. The molecule has 1 aromatic carbocycles. The molecule has 1 aromatic rings. The van der Waals surface area contributed by atoms with Crippen LogP contribution in [0.2, 0.25) is 0 Å². The van der Waals surface area contributed by atoms with Gasteiger partial charge in [-0.05, 0) is 24.3 Å². The fraction of sp³-hybridized carbons (Fsp3) is 0.500. The van der Waals surface area contributed by atoms with E-state index in [0.717, 1.165) is 12.1 Å². The Kier molecular flexibility index (Phi) is 4.94. The molecule has 1 saturated heterocycles. The summed E-state index contributed by atoms with van der Waals surface area (Å²) >= 11 is 0. The van der Waals surface area contributed by atoms with Crippen molar-refractivity contribution in [1.29, 1.82) is 0 Å². The van der Waals surface area contributed by atoms with Crippen LogP contribution in [0.4, 0.5) is 5.69 Å². The van der Waals surface area contributed by atoms with E-state index in [4.69, 9.17) is 15.0 Å². The Morgan fingerprint density at radius 3 is 2.22 bits per heavy atom. The van der Waals surface area contributed by atoms with Crippen LogP contribution in [0.25, 0.3) is 0 Å². The van der Waals surface area contributed by atoms with Crippen LogP contribution in [0.15, 0.2) is 29.2 Å². The average molecular weight is 350 g/mol. The van der Waals surface area contributed by atoms with Gasteiger partial charge >= 0.3 is 0 Å². The van der Waals surface area contributed by atoms with E-state index >= 15 is 0 Å². The fourth-order valence-electron chi connectivity index (χ4n) is 2.19. The minimum absolute atomic E-state index is 0.138. The quantitative estimate of drug-likeness (QED) is 0.276. The van der Waals surface area contributed by atoms with Gasteiger partial charge in [-0.1, -0.05) is 0 Å². The minimum Gasteiger partial charge on any atom is -0.394 e. The number of rotatable bonds is 4. The van der Waals surface area contributed by atoms with Crippen molar-refractivity contribution in [3.8, 4) is 0 Å². The van der Waals surface area contributed by atoms with Crippen molar-refractivity contribution in [2.45, 2.75) is 35.2 Å². The second kappa shape index (κ2) is 6.30. The Hall–Kier alpha value is -1.31. The molecule has 0 aromatic heterocycles. The van der Waals surface area contributed by atoms with Crippen molar-refractivity contribution >= 4 is 15.7 Å². The Morgan fingerprint density at radius 2 is 1.74 bits per heavy atom. The first kappa shape index (κ1) is 18.0. The summed E-state index contributed by atoms with van der Waals surface area (Å²) in [6.07, 6.45) is -6.64. The highest BCUT2D eigenvalue weighted by Crippen LogP contribution is 2.29. The van der Waals surface area contributed by atoms with E-state index in [0.29, 0.717) is 0 Å². The lowest BCUT2D eigenvalue weighted by molar-refractivity contribution is -0.336. The topological polar surface area (TPSA) is 183 Å². The molecular weight excluding hydrogens is 332 g/mol. The zero-order valence-electron chi connectivity index (χ0n) is 11.8. The van der Waals surface area contributed by atoms with Gasteiger partial charge in [0.25, 0.3) is 5.91 Å². The lowest BCUT2D eigenvalue weighted by Crippen LogP contribution is -2.68. The number of benzene rings is 1. The maximum Gasteiger partial charge on any atom is 0.277 e. The molecule has 10 nitrogen and oxygen atoms in total. The van der Waals surface area contributed by atoms with Crippen LogP contribution in [0.5, 0.6) is 0 Å². The van der Waals surface area contributed by atoms with Crippen molar-refractivity contribution in [2.24, 2.45) is 5.14 Å². The number of nitrogens with one attached hydrogen (secondary N) is 1. The van der Waals surface area contributed by atoms with Crippen molar-refractivity contribution in [2.75, 3.05) is 11.9 Å². The first-order valence-corrected chi connectivity index (χ1v) is 8.09. The Morgan fingerprint density at radius 1 is 1.17 bits per heavy atom. The van der Waals surface area contributed by atoms with E-state index in [2.05, 4.69) is 5.32 Å². The van der Waals surface area contributed by atoms with Crippen molar-refractivity contribution < 1.29 is 38.7 Å². The van der Waals surface area contributed by atoms with Crippen molar-refractivity contribution in [1.82, 2.24) is 0 Å². The van der Waals surface area contributed by atoms with E-state index in [9.17, 15) is 28.8 Å². The molecule has 1 aliphatic heterocycles. The second-order valence-electron chi connectivity index (χ2n) is 5.16. The molecule has 1 fully saturated rings. The van der Waals surface area contributed by atoms with E-state index in [1.807, 2.05) is 0 Å². The van der Waals surface area contributed by atoms with E-state index in [-0.39, 0.29) is 10.6 Å². The number of sulfonamides is 1. The fourth-order valence-corrected chi connectivity index (χ4v) is 2.71. The first-order chi connectivity index (χ1) is 10.6. The molecule has 1 aliphatic rings. The Labute approximate surface area is 131 Å². The maximum atomic E-state index is 11.2. The lowest BCUT2D eigenvalue weighted by Gasteiger charge is -2.45. The van der Waals surface area contributed by atoms with Crippen molar-refractivity contribution in [3.05, 3.63) is 24.3 Å². The Bertz CT molecular complexity index is 650. The summed E-state index contributed by atoms with van der Waals surface area (Å²) in [5.41, 5.74) is 0.138. The third kappa shape index (κ3) is 3.62. The van der Waals surface area contributed by atoms with Gasteiger partial charge in [0.2, 0.25) is 10.0 Å². The Balaban J connectivity index is 2.23. The van der Waals surface area contributed by atoms with E-state index in [1.54, 1.807) is 0 Å². The van der Waals surface area contributed by atoms with Gasteiger partial charge in [-0.25, -0.2) is 13.6 Å². The normalized spacial score (nSPS) is 35.0. The van der Waals surface area contributed by atoms with Gasteiger partial charge in [0, 0.05) is 5.69 Å². The highest BCUT2D eigenvalue weighted by Gasteiger charge is 2.53. The van der Waals surface area contributed by atoms with Gasteiger partial charge in [0.1, 0.15) is 18.3 Å². The number of aliphatic hydroxyl groups excluding tert-OH is 4. The summed E-state index contributed by atoms with van der Waals surface area (Å²) < 4.78 is 27.3. The van der Waals surface area contributed by atoms with Crippen LogP contribution in [0.3, 0.4) is 0 Å². The molecule has 8 N–H and O–H groups in total. The minimum atomic E-state index is -3.88. The third-order valence-corrected chi connectivity index (χ3v) is 4.40. The first-order valence-electron chi connectivity index (χ1n) is 6.55. The zero-order valence-corrected chi connectivity index (χ0v) is 12.6. The molecule has 11 heteroatoms. The van der Waals surface area contributed by atoms with Crippen LogP contribution < -0.4 is 10.5 Å². The monoisotopic (exact) mass is 350 g/mol. The molecule has 130 valence electrons. The number of hydrogen-bond donors (Lipinski definition) is 7. The van der Waals surface area contributed by atoms with Crippen molar-refractivity contribution in [3.63, 3.8) is 0 Å². The standard InChI is InChI=1S/C12H18N2O8S/c13-23(20,21)7-3-1-6(2-4-7)14-12(19)11(18)10(17)9(16)8(5-15)22-12/h1-4,8-11,14-19H,5H2,(H2,13,20,21). The number of ether oxygens (including phenoxy) is 1. The number of hydrogen-bond acceptors (Lipinski definition) is 9. The molecule has 5 atom stereocenters. The molecule has 0 bridgehead atoms. The van der Waals surface area contributed by atoms with E-state index < -0.39 is 47.0 Å². The highest BCUT2D eigenvalue weighted by molar-refractivity contribution is 7.89. The van der Waals surface area contributed by atoms with Gasteiger partial charge < -0.3 is 35.6 Å². The van der Waals surface area contributed by atoms with Gasteiger partial charge in [-0.2, -0.15) is 0 Å². The number of nitrogens with two attached hydrogens (primary N) is 1. The second-order valence-corrected chi connectivity index (χ2v) is 6.72. The largest absolute Gasteiger partial charge is 0.394 e. The van der Waals surface area contributed by atoms with Gasteiger partial charge in [-0.3, -0.25) is 0 Å². The zero-order chi connectivity index (χ0) is 17.4. The molecule has 0 spiro atoms. The molecule has 0 aliphatic carbocycles. The van der Waals surface area contributed by atoms with Crippen LogP contribution in [0.1, 0.15) is 0 Å². The maximum absolute atomic E-state index is 11.2. The molecule has 0 amide bonds. The molecule has 23 heavy (non-hydrogen) atoms. The number of primary sulfonamides is 1. The molecule has 1 heterocycles. The average Bonchev–Trinajstić information content (AvgIpc) is 2.49. The molecule has 2 rings (SSSR count). The van der Waals surface area contributed by atoms with Gasteiger partial charge in [0.05, 0.1) is 11.5 Å². The highest BCUT2D eigenvalue weighted by atomic mass is 32.2. The summed E-state index contributed by atoms with van der Waals surface area (Å²) in [6.45, 7) is -0.709. The van der Waals surface area contributed by atoms with Crippen LogP contribution in [-0.4, -0.2) is 70.9 Å². The molecule has 0 radical (unpaired) electrons. The van der Waals surface area contributed by atoms with Crippen LogP contribution in [0, 0.1) is 0 Å². The smallest absolute Gasteiger partial charge is 0.277 e. The van der Waals surface area contributed by atoms with Gasteiger partial charge in [-0.15, -0.1) is 0 Å². The van der Waals surface area contributed by atoms with Crippen LogP contribution in [-0.2, 0) is 14.8 Å². The lowest BCUT2D eigenvalue weighted by atomic mass is 9.96. The van der Waals surface area contributed by atoms with Gasteiger partial charge in [0.15, 0.2) is 6.10 Å². The summed E-state index contributed by atoms with van der Waals surface area (Å²) in [7, 11) is -3.88. The number of aliphatic hydroxyl groups is 5. The molecule has 5 unspecified atom stereocenters. The summed E-state index contributed by atoms with van der Waals surface area (Å²) in [5.74, 6) is -2.50. The van der Waals surface area contributed by atoms with Crippen LogP contribution >= 0.6 is 0 Å². The van der Waals surface area contributed by atoms with E-state index in [1.165, 1.54) is 12.1 Å². The SMILES string of the molecule is NS(=O)(=O)c1ccc(NC2(O)OC(CO)C(O)C(O)C2O)cc1. The third-order valence-electron chi connectivity index (χ3n) is 3.47. The molecular formula is C12H18N2O8S. The predicted molar refractivity (Wildman–Crippen MR) is 76.4 cm³/mol. The summed E-state index contributed by atoms with van der Waals surface area (Å²) in [6, 6.07) is 4.81. The summed E-state index contributed by atoms with van der Waals surface area (Å²) in [4.78, 5) is -0.163. The summed E-state index contributed by atoms with van der Waals surface area (Å²) in [5, 5.41) is 55.9. The predicted octanol–water partition coefficient (Wildman–Crippen LogP) is -3.13. The molecule has 0 saturated carbocycles.